The number of rotatable bonds is 1. The Bertz CT molecular complexity index is 1190. The molecular weight excluding hydrogens is 364 g/mol. The van der Waals surface area contributed by atoms with E-state index in [2.05, 4.69) is 50.4 Å². The Morgan fingerprint density at radius 1 is 0.708 bits per heavy atom. The van der Waals surface area contributed by atoms with Crippen LogP contribution in [0, 0.1) is 0 Å². The lowest BCUT2D eigenvalue weighted by atomic mass is 10.0. The quantitative estimate of drug-likeness (QED) is 0.340. The smallest absolute Gasteiger partial charge is 0.156 e. The van der Waals surface area contributed by atoms with Crippen LogP contribution in [0.2, 0.25) is 0 Å². The molecule has 3 aromatic carbocycles. The van der Waals surface area contributed by atoms with Crippen LogP contribution >= 0.6 is 15.9 Å². The third kappa shape index (κ3) is 2.03. The van der Waals surface area contributed by atoms with Crippen LogP contribution in [0.4, 0.5) is 0 Å². The Kier molecular flexibility index (Phi) is 2.94. The average Bonchev–Trinajstić information content (AvgIpc) is 3.04. The van der Waals surface area contributed by atoms with Crippen molar-refractivity contribution in [1.29, 1.82) is 0 Å². The zero-order chi connectivity index (χ0) is 16.1. The molecule has 0 amide bonds. The van der Waals surface area contributed by atoms with E-state index in [4.69, 9.17) is 4.42 Å². The Morgan fingerprint density at radius 3 is 2.12 bits per heavy atom. The van der Waals surface area contributed by atoms with Crippen LogP contribution in [-0.4, -0.2) is 10.2 Å². The van der Waals surface area contributed by atoms with E-state index in [-0.39, 0.29) is 0 Å². The summed E-state index contributed by atoms with van der Waals surface area (Å²) in [5.41, 5.74) is 1.61. The van der Waals surface area contributed by atoms with Crippen molar-refractivity contribution in [3.63, 3.8) is 0 Å². The number of para-hydroxylation sites is 1. The van der Waals surface area contributed by atoms with E-state index < -0.39 is 0 Å². The van der Waals surface area contributed by atoms with Crippen molar-refractivity contribution in [3.8, 4) is 11.5 Å². The highest BCUT2D eigenvalue weighted by molar-refractivity contribution is 9.10. The van der Waals surface area contributed by atoms with E-state index in [1.54, 1.807) is 0 Å². The van der Waals surface area contributed by atoms with Crippen LogP contribution in [0.15, 0.2) is 75.8 Å². The van der Waals surface area contributed by atoms with Gasteiger partial charge in [0.25, 0.3) is 0 Å². The summed E-state index contributed by atoms with van der Waals surface area (Å²) in [6.07, 6.45) is 0. The summed E-state index contributed by atoms with van der Waals surface area (Å²) in [6, 6.07) is 22.5. The first-order chi connectivity index (χ1) is 11.8. The van der Waals surface area contributed by atoms with Gasteiger partial charge in [0.1, 0.15) is 15.9 Å². The predicted molar refractivity (Wildman–Crippen MR) is 100.0 cm³/mol. The van der Waals surface area contributed by atoms with Gasteiger partial charge in [-0.1, -0.05) is 42.5 Å². The van der Waals surface area contributed by atoms with Gasteiger partial charge in [-0.3, -0.25) is 0 Å². The molecule has 0 saturated carbocycles. The van der Waals surface area contributed by atoms with E-state index in [1.807, 2.05) is 42.5 Å². The molecule has 5 rings (SSSR count). The molecule has 0 unspecified atom stereocenters. The molecule has 0 aliphatic rings. The van der Waals surface area contributed by atoms with Gasteiger partial charge >= 0.3 is 0 Å². The van der Waals surface area contributed by atoms with E-state index >= 15 is 0 Å². The molecule has 4 heteroatoms. The molecule has 24 heavy (non-hydrogen) atoms. The SMILES string of the molecule is Brc1nnc(-c2cc3ccccc3o2)c2cc3ccccc3cc12. The van der Waals surface area contributed by atoms with Gasteiger partial charge in [-0.2, -0.15) is 0 Å². The van der Waals surface area contributed by atoms with Crippen LogP contribution < -0.4 is 0 Å². The zero-order valence-corrected chi connectivity index (χ0v) is 14.1. The highest BCUT2D eigenvalue weighted by Crippen LogP contribution is 2.35. The molecule has 0 aliphatic carbocycles. The third-order valence-corrected chi connectivity index (χ3v) is 4.85. The number of furan rings is 1. The van der Waals surface area contributed by atoms with Crippen LogP contribution in [0.5, 0.6) is 0 Å². The van der Waals surface area contributed by atoms with Crippen molar-refractivity contribution < 1.29 is 4.42 Å². The number of hydrogen-bond donors (Lipinski definition) is 0. The number of fused-ring (bicyclic) bond motifs is 3. The second-order valence-electron chi connectivity index (χ2n) is 5.73. The molecule has 0 aliphatic heterocycles. The molecule has 114 valence electrons. The van der Waals surface area contributed by atoms with Gasteiger partial charge in [0.15, 0.2) is 5.76 Å². The van der Waals surface area contributed by atoms with Crippen LogP contribution in [-0.2, 0) is 0 Å². The summed E-state index contributed by atoms with van der Waals surface area (Å²) in [5.74, 6) is 0.733. The largest absolute Gasteiger partial charge is 0.454 e. The minimum atomic E-state index is 0.733. The fraction of sp³-hybridized carbons (Fsp3) is 0. The fourth-order valence-electron chi connectivity index (χ4n) is 3.09. The monoisotopic (exact) mass is 374 g/mol. The predicted octanol–water partition coefficient (Wildman–Crippen LogP) is 5.96. The standard InChI is InChI=1S/C20H11BrN2O/c21-20-16-10-13-6-2-1-5-12(13)9-15(16)19(22-23-20)18-11-14-7-3-4-8-17(14)24-18/h1-11H. The highest BCUT2D eigenvalue weighted by Gasteiger charge is 2.14. The molecular formula is C20H11BrN2O. The lowest BCUT2D eigenvalue weighted by Crippen LogP contribution is -1.91. The summed E-state index contributed by atoms with van der Waals surface area (Å²) < 4.78 is 6.74. The van der Waals surface area contributed by atoms with E-state index in [0.717, 1.165) is 37.8 Å². The number of hydrogen-bond acceptors (Lipinski definition) is 3. The van der Waals surface area contributed by atoms with Crippen LogP contribution in [0.1, 0.15) is 0 Å². The van der Waals surface area contributed by atoms with Gasteiger partial charge in [-0.05, 0) is 51.0 Å². The van der Waals surface area contributed by atoms with Crippen LogP contribution in [0.3, 0.4) is 0 Å². The molecule has 3 nitrogen and oxygen atoms in total. The third-order valence-electron chi connectivity index (χ3n) is 4.26. The van der Waals surface area contributed by atoms with Crippen molar-refractivity contribution in [3.05, 3.63) is 71.3 Å². The molecule has 0 N–H and O–H groups in total. The molecule has 0 saturated heterocycles. The second-order valence-corrected chi connectivity index (χ2v) is 6.48. The van der Waals surface area contributed by atoms with Gasteiger partial charge < -0.3 is 4.42 Å². The fourth-order valence-corrected chi connectivity index (χ4v) is 3.50. The summed E-state index contributed by atoms with van der Waals surface area (Å²) in [5, 5.41) is 14.1. The zero-order valence-electron chi connectivity index (χ0n) is 12.5. The summed E-state index contributed by atoms with van der Waals surface area (Å²) in [7, 11) is 0. The van der Waals surface area contributed by atoms with Crippen molar-refractivity contribution in [2.75, 3.05) is 0 Å². The number of halogens is 1. The van der Waals surface area contributed by atoms with Crippen molar-refractivity contribution >= 4 is 48.4 Å². The molecule has 0 fully saturated rings. The number of aromatic nitrogens is 2. The Balaban J connectivity index is 1.87. The molecule has 0 bridgehead atoms. The number of benzene rings is 3. The lowest BCUT2D eigenvalue weighted by molar-refractivity contribution is 0.628. The summed E-state index contributed by atoms with van der Waals surface area (Å²) >= 11 is 3.52. The Hall–Kier alpha value is -2.72. The summed E-state index contributed by atoms with van der Waals surface area (Å²) in [6.45, 7) is 0. The maximum Gasteiger partial charge on any atom is 0.156 e. The molecule has 2 aromatic heterocycles. The topological polar surface area (TPSA) is 38.9 Å². The molecule has 0 atom stereocenters. The molecule has 0 radical (unpaired) electrons. The average molecular weight is 375 g/mol. The summed E-state index contributed by atoms with van der Waals surface area (Å²) in [4.78, 5) is 0. The first-order valence-electron chi connectivity index (χ1n) is 7.63. The molecule has 5 aromatic rings. The second kappa shape index (κ2) is 5.14. The van der Waals surface area contributed by atoms with Crippen LogP contribution in [0.25, 0.3) is 44.0 Å². The van der Waals surface area contributed by atoms with Gasteiger partial charge in [0.05, 0.1) is 0 Å². The first-order valence-corrected chi connectivity index (χ1v) is 8.42. The molecule has 2 heterocycles. The lowest BCUT2D eigenvalue weighted by Gasteiger charge is -2.06. The van der Waals surface area contributed by atoms with Crippen molar-refractivity contribution in [1.82, 2.24) is 10.2 Å². The Morgan fingerprint density at radius 2 is 1.38 bits per heavy atom. The van der Waals surface area contributed by atoms with Gasteiger partial charge in [-0.25, -0.2) is 0 Å². The van der Waals surface area contributed by atoms with Gasteiger partial charge in [-0.15, -0.1) is 10.2 Å². The normalized spacial score (nSPS) is 11.5. The highest BCUT2D eigenvalue weighted by atomic mass is 79.9. The van der Waals surface area contributed by atoms with Gasteiger partial charge in [0.2, 0.25) is 0 Å². The van der Waals surface area contributed by atoms with E-state index in [0.29, 0.717) is 0 Å². The van der Waals surface area contributed by atoms with E-state index in [9.17, 15) is 0 Å². The molecule has 0 spiro atoms. The maximum atomic E-state index is 6.00. The van der Waals surface area contributed by atoms with Gasteiger partial charge in [0, 0.05) is 16.2 Å². The first kappa shape index (κ1) is 13.7. The number of nitrogens with zero attached hydrogens (tertiary/aromatic N) is 2. The van der Waals surface area contributed by atoms with E-state index in [1.165, 1.54) is 10.8 Å². The Labute approximate surface area is 146 Å². The maximum absolute atomic E-state index is 6.00. The minimum absolute atomic E-state index is 0.733. The van der Waals surface area contributed by atoms with Crippen molar-refractivity contribution in [2.45, 2.75) is 0 Å². The minimum Gasteiger partial charge on any atom is -0.454 e. The van der Waals surface area contributed by atoms with Crippen molar-refractivity contribution in [2.24, 2.45) is 0 Å².